The first-order valence-corrected chi connectivity index (χ1v) is 5.52. The maximum absolute atomic E-state index is 3.75. The van der Waals surface area contributed by atoms with Crippen LogP contribution in [0.2, 0.25) is 0 Å². The van der Waals surface area contributed by atoms with E-state index in [0.29, 0.717) is 0 Å². The van der Waals surface area contributed by atoms with Gasteiger partial charge in [-0.3, -0.25) is 4.90 Å². The Balaban J connectivity index is 2.44. The number of hydrogen-bond donors (Lipinski definition) is 0. The van der Waals surface area contributed by atoms with Crippen LogP contribution >= 0.6 is 0 Å². The van der Waals surface area contributed by atoms with Crippen LogP contribution in [0, 0.1) is 0 Å². The molecule has 1 aromatic rings. The van der Waals surface area contributed by atoms with Gasteiger partial charge in [0.15, 0.2) is 0 Å². The van der Waals surface area contributed by atoms with Gasteiger partial charge in [0.25, 0.3) is 0 Å². The van der Waals surface area contributed by atoms with Gasteiger partial charge < -0.3 is 0 Å². The summed E-state index contributed by atoms with van der Waals surface area (Å²) >= 11 is 0. The molecule has 1 nitrogen and oxygen atoms in total. The molecule has 0 N–H and O–H groups in total. The van der Waals surface area contributed by atoms with E-state index in [1.165, 1.54) is 5.56 Å². The molecule has 0 amide bonds. The fourth-order valence-corrected chi connectivity index (χ4v) is 1.49. The van der Waals surface area contributed by atoms with Crippen molar-refractivity contribution in [2.45, 2.75) is 0 Å². The van der Waals surface area contributed by atoms with E-state index in [0.717, 1.165) is 19.6 Å². The molecule has 16 heavy (non-hydrogen) atoms. The number of nitrogens with zero attached hydrogens (tertiary/aromatic N) is 1. The molecule has 0 heterocycles. The zero-order valence-corrected chi connectivity index (χ0v) is 9.68. The van der Waals surface area contributed by atoms with E-state index in [1.807, 2.05) is 30.4 Å². The lowest BCUT2D eigenvalue weighted by atomic mass is 10.2. The summed E-state index contributed by atoms with van der Waals surface area (Å²) in [5.74, 6) is 0. The molecule has 1 heteroatoms. The summed E-state index contributed by atoms with van der Waals surface area (Å²) in [7, 11) is 0. The van der Waals surface area contributed by atoms with Crippen molar-refractivity contribution in [3.63, 3.8) is 0 Å². The lowest BCUT2D eigenvalue weighted by Crippen LogP contribution is -2.23. The smallest absolute Gasteiger partial charge is 0.0173 e. The fourth-order valence-electron chi connectivity index (χ4n) is 1.49. The molecule has 0 aliphatic carbocycles. The molecule has 0 fully saturated rings. The third-order valence-electron chi connectivity index (χ3n) is 2.25. The Morgan fingerprint density at radius 1 is 0.938 bits per heavy atom. The van der Waals surface area contributed by atoms with Gasteiger partial charge in [-0.2, -0.15) is 0 Å². The van der Waals surface area contributed by atoms with Crippen molar-refractivity contribution in [1.82, 2.24) is 4.90 Å². The molecular weight excluding hydrogens is 194 g/mol. The summed E-state index contributed by atoms with van der Waals surface area (Å²) in [4.78, 5) is 2.26. The lowest BCUT2D eigenvalue weighted by molar-refractivity contribution is 0.373. The highest BCUT2D eigenvalue weighted by Gasteiger charge is 1.95. The summed E-state index contributed by atoms with van der Waals surface area (Å²) in [6.07, 6.45) is 8.14. The van der Waals surface area contributed by atoms with Crippen LogP contribution < -0.4 is 0 Å². The van der Waals surface area contributed by atoms with Crippen LogP contribution in [-0.2, 0) is 0 Å². The van der Waals surface area contributed by atoms with E-state index < -0.39 is 0 Å². The van der Waals surface area contributed by atoms with Gasteiger partial charge in [0.05, 0.1) is 0 Å². The van der Waals surface area contributed by atoms with Crippen LogP contribution in [0.15, 0.2) is 61.7 Å². The van der Waals surface area contributed by atoms with E-state index in [-0.39, 0.29) is 0 Å². The highest BCUT2D eigenvalue weighted by molar-refractivity contribution is 5.48. The average molecular weight is 213 g/mol. The summed E-state index contributed by atoms with van der Waals surface area (Å²) in [6.45, 7) is 10.2. The molecule has 0 aliphatic heterocycles. The Hall–Kier alpha value is -1.60. The van der Waals surface area contributed by atoms with Crippen LogP contribution in [0.25, 0.3) is 6.08 Å². The SMILES string of the molecule is C=CCN(CC=C)C/C=C/c1ccccc1. The molecule has 1 aromatic carbocycles. The molecule has 0 unspecified atom stereocenters. The second-order valence-electron chi connectivity index (χ2n) is 3.61. The fraction of sp³-hybridized carbons (Fsp3) is 0.200. The Bertz CT molecular complexity index is 328. The van der Waals surface area contributed by atoms with Crippen molar-refractivity contribution >= 4 is 6.08 Å². The predicted molar refractivity (Wildman–Crippen MR) is 72.3 cm³/mol. The second kappa shape index (κ2) is 7.66. The van der Waals surface area contributed by atoms with Crippen molar-refractivity contribution in [3.05, 3.63) is 67.3 Å². The topological polar surface area (TPSA) is 3.24 Å². The Kier molecular flexibility index (Phi) is 5.97. The second-order valence-corrected chi connectivity index (χ2v) is 3.61. The van der Waals surface area contributed by atoms with E-state index in [9.17, 15) is 0 Å². The van der Waals surface area contributed by atoms with Crippen molar-refractivity contribution in [1.29, 1.82) is 0 Å². The van der Waals surface area contributed by atoms with Crippen molar-refractivity contribution in [2.75, 3.05) is 19.6 Å². The third-order valence-corrected chi connectivity index (χ3v) is 2.25. The van der Waals surface area contributed by atoms with Crippen molar-refractivity contribution in [2.24, 2.45) is 0 Å². The van der Waals surface area contributed by atoms with Crippen molar-refractivity contribution in [3.8, 4) is 0 Å². The van der Waals surface area contributed by atoms with Crippen LogP contribution in [0.4, 0.5) is 0 Å². The highest BCUT2D eigenvalue weighted by Crippen LogP contribution is 2.01. The highest BCUT2D eigenvalue weighted by atomic mass is 15.1. The molecule has 0 atom stereocenters. The molecule has 0 aliphatic rings. The first kappa shape index (κ1) is 12.5. The van der Waals surface area contributed by atoms with E-state index >= 15 is 0 Å². The third kappa shape index (κ3) is 4.76. The van der Waals surface area contributed by atoms with Gasteiger partial charge in [0.1, 0.15) is 0 Å². The van der Waals surface area contributed by atoms with E-state index in [1.54, 1.807) is 0 Å². The molecule has 0 aromatic heterocycles. The van der Waals surface area contributed by atoms with Crippen LogP contribution in [0.5, 0.6) is 0 Å². The minimum absolute atomic E-state index is 0.894. The van der Waals surface area contributed by atoms with Crippen LogP contribution in [0.1, 0.15) is 5.56 Å². The Labute approximate surface area is 98.4 Å². The first-order chi connectivity index (χ1) is 7.86. The number of hydrogen-bond acceptors (Lipinski definition) is 1. The molecule has 0 bridgehead atoms. The van der Waals surface area contributed by atoms with Crippen molar-refractivity contribution < 1.29 is 0 Å². The average Bonchev–Trinajstić information content (AvgIpc) is 2.31. The van der Waals surface area contributed by atoms with Gasteiger partial charge in [0, 0.05) is 19.6 Å². The number of rotatable bonds is 7. The maximum atomic E-state index is 3.75. The molecule has 0 radical (unpaired) electrons. The van der Waals surface area contributed by atoms with Gasteiger partial charge in [0.2, 0.25) is 0 Å². The van der Waals surface area contributed by atoms with Gasteiger partial charge in [-0.25, -0.2) is 0 Å². The van der Waals surface area contributed by atoms with Gasteiger partial charge in [-0.15, -0.1) is 13.2 Å². The Morgan fingerprint density at radius 2 is 1.56 bits per heavy atom. The first-order valence-electron chi connectivity index (χ1n) is 5.52. The molecule has 0 spiro atoms. The molecule has 1 rings (SSSR count). The summed E-state index contributed by atoms with van der Waals surface area (Å²) in [5.41, 5.74) is 1.24. The lowest BCUT2D eigenvalue weighted by Gasteiger charge is -2.15. The summed E-state index contributed by atoms with van der Waals surface area (Å²) < 4.78 is 0. The summed E-state index contributed by atoms with van der Waals surface area (Å²) in [5, 5.41) is 0. The zero-order valence-electron chi connectivity index (χ0n) is 9.68. The number of benzene rings is 1. The summed E-state index contributed by atoms with van der Waals surface area (Å²) in [6, 6.07) is 10.3. The maximum Gasteiger partial charge on any atom is 0.0173 e. The zero-order chi connectivity index (χ0) is 11.6. The molecular formula is C15H19N. The molecule has 84 valence electrons. The predicted octanol–water partition coefficient (Wildman–Crippen LogP) is 3.37. The van der Waals surface area contributed by atoms with Gasteiger partial charge >= 0.3 is 0 Å². The van der Waals surface area contributed by atoms with Crippen LogP contribution in [-0.4, -0.2) is 24.5 Å². The monoisotopic (exact) mass is 213 g/mol. The molecule has 0 saturated carbocycles. The minimum Gasteiger partial charge on any atom is -0.292 e. The normalized spacial score (nSPS) is 10.8. The van der Waals surface area contributed by atoms with E-state index in [2.05, 4.69) is 42.3 Å². The Morgan fingerprint density at radius 3 is 2.12 bits per heavy atom. The minimum atomic E-state index is 0.894. The van der Waals surface area contributed by atoms with Crippen LogP contribution in [0.3, 0.4) is 0 Å². The van der Waals surface area contributed by atoms with E-state index in [4.69, 9.17) is 0 Å². The standard InChI is InChI=1S/C15H19N/c1-3-12-16(13-4-2)14-8-11-15-9-6-5-7-10-15/h3-11H,1-2,12-14H2/b11-8+. The van der Waals surface area contributed by atoms with Gasteiger partial charge in [-0.1, -0.05) is 54.6 Å². The quantitative estimate of drug-likeness (QED) is 0.628. The molecule has 0 saturated heterocycles. The largest absolute Gasteiger partial charge is 0.292 e. The van der Waals surface area contributed by atoms with Gasteiger partial charge in [-0.05, 0) is 5.56 Å².